The monoisotopic (exact) mass is 282 g/mol. The summed E-state index contributed by atoms with van der Waals surface area (Å²) in [6, 6.07) is 2.38. The van der Waals surface area contributed by atoms with E-state index in [0.717, 1.165) is 26.2 Å². The van der Waals surface area contributed by atoms with Crippen LogP contribution in [0, 0.1) is 12.3 Å². The molecule has 0 bridgehead atoms. The lowest BCUT2D eigenvalue weighted by Crippen LogP contribution is -2.28. The molecule has 0 fully saturated rings. The maximum atomic E-state index is 3.48. The summed E-state index contributed by atoms with van der Waals surface area (Å²) in [5.74, 6) is 0. The fourth-order valence-corrected chi connectivity index (χ4v) is 3.40. The van der Waals surface area contributed by atoms with Crippen molar-refractivity contribution in [1.82, 2.24) is 10.2 Å². The minimum atomic E-state index is 0.365. The Morgan fingerprint density at radius 2 is 2.00 bits per heavy atom. The molecule has 0 radical (unpaired) electrons. The van der Waals surface area contributed by atoms with Crippen molar-refractivity contribution in [2.75, 3.05) is 20.1 Å². The fraction of sp³-hybridized carbons (Fsp3) is 0.750. The minimum Gasteiger partial charge on any atom is -0.312 e. The summed E-state index contributed by atoms with van der Waals surface area (Å²) < 4.78 is 0. The van der Waals surface area contributed by atoms with Crippen molar-refractivity contribution in [1.29, 1.82) is 0 Å². The zero-order valence-corrected chi connectivity index (χ0v) is 14.3. The molecule has 0 saturated heterocycles. The Labute approximate surface area is 123 Å². The molecule has 19 heavy (non-hydrogen) atoms. The van der Waals surface area contributed by atoms with Crippen molar-refractivity contribution in [2.45, 2.75) is 54.1 Å². The highest BCUT2D eigenvalue weighted by Crippen LogP contribution is 2.24. The average molecular weight is 282 g/mol. The molecule has 0 atom stereocenters. The molecular formula is C16H30N2S. The number of hydrogen-bond acceptors (Lipinski definition) is 3. The third kappa shape index (κ3) is 6.55. The van der Waals surface area contributed by atoms with E-state index in [1.165, 1.54) is 21.7 Å². The Kier molecular flexibility index (Phi) is 6.51. The van der Waals surface area contributed by atoms with Crippen LogP contribution in [0.4, 0.5) is 0 Å². The van der Waals surface area contributed by atoms with E-state index in [-0.39, 0.29) is 0 Å². The third-order valence-electron chi connectivity index (χ3n) is 2.98. The summed E-state index contributed by atoms with van der Waals surface area (Å²) in [5, 5.41) is 3.48. The molecule has 0 aliphatic carbocycles. The third-order valence-corrected chi connectivity index (χ3v) is 4.07. The van der Waals surface area contributed by atoms with E-state index in [2.05, 4.69) is 57.9 Å². The second-order valence-electron chi connectivity index (χ2n) is 6.70. The second kappa shape index (κ2) is 7.41. The van der Waals surface area contributed by atoms with Gasteiger partial charge in [0.15, 0.2) is 0 Å². The van der Waals surface area contributed by atoms with Crippen LogP contribution < -0.4 is 5.32 Å². The van der Waals surface area contributed by atoms with Crippen LogP contribution in [0.2, 0.25) is 0 Å². The lowest BCUT2D eigenvalue weighted by atomic mass is 9.96. The Hall–Kier alpha value is -0.380. The van der Waals surface area contributed by atoms with Crippen LogP contribution in [0.15, 0.2) is 6.07 Å². The first-order valence-corrected chi connectivity index (χ1v) is 8.11. The number of thiophene rings is 1. The molecule has 0 aromatic carbocycles. The van der Waals surface area contributed by atoms with Gasteiger partial charge in [0.2, 0.25) is 0 Å². The molecule has 0 aliphatic heterocycles. The van der Waals surface area contributed by atoms with E-state index < -0.39 is 0 Å². The van der Waals surface area contributed by atoms with Gasteiger partial charge in [0.25, 0.3) is 0 Å². The van der Waals surface area contributed by atoms with Gasteiger partial charge >= 0.3 is 0 Å². The van der Waals surface area contributed by atoms with E-state index >= 15 is 0 Å². The highest BCUT2D eigenvalue weighted by Gasteiger charge is 2.15. The summed E-state index contributed by atoms with van der Waals surface area (Å²) in [5.41, 5.74) is 1.86. The molecule has 1 aromatic rings. The summed E-state index contributed by atoms with van der Waals surface area (Å²) in [4.78, 5) is 5.36. The van der Waals surface area contributed by atoms with Gasteiger partial charge in [0.1, 0.15) is 0 Å². The van der Waals surface area contributed by atoms with Crippen LogP contribution in [0.1, 0.15) is 49.4 Å². The van der Waals surface area contributed by atoms with Crippen molar-refractivity contribution in [3.05, 3.63) is 21.4 Å². The van der Waals surface area contributed by atoms with Crippen LogP contribution in [0.5, 0.6) is 0 Å². The van der Waals surface area contributed by atoms with E-state index in [0.29, 0.717) is 5.41 Å². The standard InChI is InChI=1S/C16H30N2S/c1-7-8-17-10-15-9-14(13(2)19-15)11-18(6)12-16(3,4)5/h9,17H,7-8,10-12H2,1-6H3. The number of nitrogens with zero attached hydrogens (tertiary/aromatic N) is 1. The van der Waals surface area contributed by atoms with Gasteiger partial charge in [0, 0.05) is 29.4 Å². The van der Waals surface area contributed by atoms with E-state index in [1.807, 2.05) is 11.3 Å². The zero-order chi connectivity index (χ0) is 14.5. The van der Waals surface area contributed by atoms with Gasteiger partial charge in [-0.05, 0) is 44.0 Å². The van der Waals surface area contributed by atoms with E-state index in [9.17, 15) is 0 Å². The van der Waals surface area contributed by atoms with Gasteiger partial charge in [0.05, 0.1) is 0 Å². The number of hydrogen-bond donors (Lipinski definition) is 1. The molecule has 0 aliphatic rings. The number of aryl methyl sites for hydroxylation is 1. The molecule has 110 valence electrons. The average Bonchev–Trinajstić information content (AvgIpc) is 2.57. The van der Waals surface area contributed by atoms with Gasteiger partial charge in [-0.25, -0.2) is 0 Å². The van der Waals surface area contributed by atoms with Crippen molar-refractivity contribution >= 4 is 11.3 Å². The van der Waals surface area contributed by atoms with Crippen LogP contribution in [0.3, 0.4) is 0 Å². The molecule has 1 rings (SSSR count). The first-order chi connectivity index (χ1) is 8.81. The summed E-state index contributed by atoms with van der Waals surface area (Å²) >= 11 is 1.94. The predicted octanol–water partition coefficient (Wildman–Crippen LogP) is 4.03. The van der Waals surface area contributed by atoms with Crippen LogP contribution >= 0.6 is 11.3 Å². The summed E-state index contributed by atoms with van der Waals surface area (Å²) in [6.45, 7) is 15.7. The Bertz CT molecular complexity index is 377. The Morgan fingerprint density at radius 3 is 2.58 bits per heavy atom. The summed E-state index contributed by atoms with van der Waals surface area (Å²) in [6.07, 6.45) is 1.20. The predicted molar refractivity (Wildman–Crippen MR) is 86.8 cm³/mol. The zero-order valence-electron chi connectivity index (χ0n) is 13.5. The van der Waals surface area contributed by atoms with Crippen LogP contribution in [0.25, 0.3) is 0 Å². The topological polar surface area (TPSA) is 15.3 Å². The second-order valence-corrected chi connectivity index (χ2v) is 8.04. The molecule has 0 spiro atoms. The first-order valence-electron chi connectivity index (χ1n) is 7.29. The normalized spacial score (nSPS) is 12.4. The smallest absolute Gasteiger partial charge is 0.0299 e. The SMILES string of the molecule is CCCNCc1cc(CN(C)CC(C)(C)C)c(C)s1. The van der Waals surface area contributed by atoms with Gasteiger partial charge in [-0.15, -0.1) is 11.3 Å². The molecule has 3 heteroatoms. The van der Waals surface area contributed by atoms with Gasteiger partial charge in [-0.3, -0.25) is 0 Å². The minimum absolute atomic E-state index is 0.365. The van der Waals surface area contributed by atoms with Gasteiger partial charge < -0.3 is 10.2 Å². The van der Waals surface area contributed by atoms with Crippen LogP contribution in [-0.2, 0) is 13.1 Å². The van der Waals surface area contributed by atoms with Crippen molar-refractivity contribution in [3.63, 3.8) is 0 Å². The molecule has 1 heterocycles. The Morgan fingerprint density at radius 1 is 1.32 bits per heavy atom. The maximum Gasteiger partial charge on any atom is 0.0299 e. The molecule has 2 nitrogen and oxygen atoms in total. The molecular weight excluding hydrogens is 252 g/mol. The highest BCUT2D eigenvalue weighted by atomic mass is 32.1. The first kappa shape index (κ1) is 16.7. The van der Waals surface area contributed by atoms with Crippen LogP contribution in [-0.4, -0.2) is 25.0 Å². The molecule has 0 unspecified atom stereocenters. The number of nitrogens with one attached hydrogen (secondary N) is 1. The molecule has 0 amide bonds. The van der Waals surface area contributed by atoms with Gasteiger partial charge in [-0.2, -0.15) is 0 Å². The molecule has 0 saturated carbocycles. The van der Waals surface area contributed by atoms with Crippen molar-refractivity contribution in [3.8, 4) is 0 Å². The quantitative estimate of drug-likeness (QED) is 0.760. The molecule has 1 aromatic heterocycles. The van der Waals surface area contributed by atoms with E-state index in [1.54, 1.807) is 0 Å². The fourth-order valence-electron chi connectivity index (χ4n) is 2.38. The largest absolute Gasteiger partial charge is 0.312 e. The number of rotatable bonds is 7. The summed E-state index contributed by atoms with van der Waals surface area (Å²) in [7, 11) is 2.22. The lowest BCUT2D eigenvalue weighted by Gasteiger charge is -2.26. The lowest BCUT2D eigenvalue weighted by molar-refractivity contribution is 0.220. The van der Waals surface area contributed by atoms with Crippen molar-refractivity contribution < 1.29 is 0 Å². The molecule has 1 N–H and O–H groups in total. The van der Waals surface area contributed by atoms with E-state index in [4.69, 9.17) is 0 Å². The maximum absolute atomic E-state index is 3.48. The highest BCUT2D eigenvalue weighted by molar-refractivity contribution is 7.12. The Balaban J connectivity index is 2.54. The van der Waals surface area contributed by atoms with Crippen molar-refractivity contribution in [2.24, 2.45) is 5.41 Å². The van der Waals surface area contributed by atoms with Gasteiger partial charge in [-0.1, -0.05) is 27.7 Å².